The molecule has 1 heterocycles. The van der Waals surface area contributed by atoms with Crippen molar-refractivity contribution in [3.63, 3.8) is 0 Å². The van der Waals surface area contributed by atoms with Crippen LogP contribution in [0.5, 0.6) is 0 Å². The molecule has 0 saturated carbocycles. The van der Waals surface area contributed by atoms with Gasteiger partial charge in [-0.2, -0.15) is 0 Å². The quantitative estimate of drug-likeness (QED) is 0.764. The number of aromatic nitrogens is 1. The van der Waals surface area contributed by atoms with Crippen molar-refractivity contribution in [1.29, 1.82) is 0 Å². The molecule has 4 heteroatoms. The van der Waals surface area contributed by atoms with Crippen molar-refractivity contribution >= 4 is 11.7 Å². The van der Waals surface area contributed by atoms with Gasteiger partial charge < -0.3 is 9.64 Å². The smallest absolute Gasteiger partial charge is 0.303 e. The highest BCUT2D eigenvalue weighted by molar-refractivity contribution is 5.68. The molecule has 2 aliphatic carbocycles. The molecule has 0 radical (unpaired) electrons. The number of hydrogen-bond acceptors (Lipinski definition) is 4. The van der Waals surface area contributed by atoms with Crippen LogP contribution in [-0.4, -0.2) is 25.0 Å². The Balaban J connectivity index is 2.10. The molecule has 0 amide bonds. The summed E-state index contributed by atoms with van der Waals surface area (Å²) in [4.78, 5) is 18.2. The van der Waals surface area contributed by atoms with E-state index in [0.717, 1.165) is 31.4 Å². The summed E-state index contributed by atoms with van der Waals surface area (Å²) in [7, 11) is 4.18. The summed E-state index contributed by atoms with van der Waals surface area (Å²) in [6.45, 7) is 1.47. The van der Waals surface area contributed by atoms with Gasteiger partial charge >= 0.3 is 5.97 Å². The monoisotopic (exact) mass is 260 g/mol. The third-order valence-corrected chi connectivity index (χ3v) is 4.04. The highest BCUT2D eigenvalue weighted by Gasteiger charge is 2.33. The maximum Gasteiger partial charge on any atom is 0.303 e. The largest absolute Gasteiger partial charge is 0.456 e. The van der Waals surface area contributed by atoms with Crippen LogP contribution in [0.1, 0.15) is 48.4 Å². The number of pyridine rings is 1. The lowest BCUT2D eigenvalue weighted by atomic mass is 10.1. The maximum atomic E-state index is 11.2. The molecule has 0 saturated heterocycles. The summed E-state index contributed by atoms with van der Waals surface area (Å²) in [6.07, 6.45) is 5.05. The maximum absolute atomic E-state index is 11.2. The second-order valence-corrected chi connectivity index (χ2v) is 5.63. The molecule has 1 atom stereocenters. The number of fused-ring (bicyclic) bond motifs is 2. The first kappa shape index (κ1) is 12.5. The van der Waals surface area contributed by atoms with Gasteiger partial charge in [-0.15, -0.1) is 0 Å². The zero-order valence-corrected chi connectivity index (χ0v) is 11.8. The van der Waals surface area contributed by atoms with E-state index in [1.165, 1.54) is 35.9 Å². The van der Waals surface area contributed by atoms with E-state index in [1.54, 1.807) is 0 Å². The minimum atomic E-state index is -0.216. The van der Waals surface area contributed by atoms with E-state index in [2.05, 4.69) is 19.0 Å². The molecule has 19 heavy (non-hydrogen) atoms. The van der Waals surface area contributed by atoms with E-state index in [0.29, 0.717) is 0 Å². The van der Waals surface area contributed by atoms with Crippen LogP contribution < -0.4 is 4.90 Å². The summed E-state index contributed by atoms with van der Waals surface area (Å²) in [5.41, 5.74) is 6.23. The number of esters is 1. The lowest BCUT2D eigenvalue weighted by Crippen LogP contribution is -2.16. The summed E-state index contributed by atoms with van der Waals surface area (Å²) >= 11 is 0. The highest BCUT2D eigenvalue weighted by Crippen LogP contribution is 2.42. The topological polar surface area (TPSA) is 42.4 Å². The molecule has 0 fully saturated rings. The molecule has 0 bridgehead atoms. The molecule has 1 unspecified atom stereocenters. The predicted molar refractivity (Wildman–Crippen MR) is 73.4 cm³/mol. The van der Waals surface area contributed by atoms with Crippen LogP contribution in [0.3, 0.4) is 0 Å². The van der Waals surface area contributed by atoms with Crippen molar-refractivity contribution < 1.29 is 9.53 Å². The van der Waals surface area contributed by atoms with Gasteiger partial charge in [-0.1, -0.05) is 0 Å². The summed E-state index contributed by atoms with van der Waals surface area (Å²) in [5.74, 6) is -0.216. The van der Waals surface area contributed by atoms with Crippen LogP contribution in [0.2, 0.25) is 0 Å². The second-order valence-electron chi connectivity index (χ2n) is 5.63. The van der Waals surface area contributed by atoms with Gasteiger partial charge in [0.05, 0.1) is 5.69 Å². The van der Waals surface area contributed by atoms with Crippen molar-refractivity contribution in [2.75, 3.05) is 19.0 Å². The lowest BCUT2D eigenvalue weighted by molar-refractivity contribution is -0.146. The molecule has 0 aromatic carbocycles. The number of anilines is 1. The molecule has 0 spiro atoms. The highest BCUT2D eigenvalue weighted by atomic mass is 16.5. The van der Waals surface area contributed by atoms with Gasteiger partial charge in [0.15, 0.2) is 0 Å². The number of ether oxygens (including phenoxy) is 1. The number of nitrogens with zero attached hydrogens (tertiary/aromatic N) is 2. The van der Waals surface area contributed by atoms with Crippen molar-refractivity contribution in [2.24, 2.45) is 0 Å². The van der Waals surface area contributed by atoms with Crippen LogP contribution >= 0.6 is 0 Å². The molecule has 1 aromatic heterocycles. The number of rotatable bonds is 2. The zero-order chi connectivity index (χ0) is 13.6. The molecule has 0 aliphatic heterocycles. The van der Waals surface area contributed by atoms with E-state index in [4.69, 9.17) is 9.72 Å². The SMILES string of the molecule is CC(=O)OC1CCc2c1nc1c(c2N(C)C)CCC1. The van der Waals surface area contributed by atoms with E-state index < -0.39 is 0 Å². The Bertz CT molecular complexity index is 537. The van der Waals surface area contributed by atoms with Crippen molar-refractivity contribution in [2.45, 2.75) is 45.1 Å². The van der Waals surface area contributed by atoms with Crippen LogP contribution in [0.15, 0.2) is 0 Å². The molecular weight excluding hydrogens is 240 g/mol. The number of carbonyl (C=O) groups excluding carboxylic acids is 1. The number of hydrogen-bond donors (Lipinski definition) is 0. The zero-order valence-electron chi connectivity index (χ0n) is 11.8. The van der Waals surface area contributed by atoms with Crippen molar-refractivity contribution in [1.82, 2.24) is 4.98 Å². The van der Waals surface area contributed by atoms with Gasteiger partial charge in [0, 0.05) is 38.0 Å². The van der Waals surface area contributed by atoms with Crippen molar-refractivity contribution in [3.8, 4) is 0 Å². The Morgan fingerprint density at radius 3 is 2.74 bits per heavy atom. The van der Waals surface area contributed by atoms with E-state index in [9.17, 15) is 4.79 Å². The minimum absolute atomic E-state index is 0.142. The first-order chi connectivity index (χ1) is 9.08. The average Bonchev–Trinajstić information content (AvgIpc) is 2.92. The molecule has 102 valence electrons. The van der Waals surface area contributed by atoms with Crippen LogP contribution in [-0.2, 0) is 28.8 Å². The van der Waals surface area contributed by atoms with Gasteiger partial charge in [-0.05, 0) is 37.7 Å². The van der Waals surface area contributed by atoms with Crippen LogP contribution in [0.4, 0.5) is 5.69 Å². The normalized spacial score (nSPS) is 20.1. The number of aryl methyl sites for hydroxylation is 1. The summed E-state index contributed by atoms with van der Waals surface area (Å²) in [6, 6.07) is 0. The summed E-state index contributed by atoms with van der Waals surface area (Å²) in [5, 5.41) is 0. The Labute approximate surface area is 113 Å². The van der Waals surface area contributed by atoms with Gasteiger partial charge in [-0.3, -0.25) is 9.78 Å². The van der Waals surface area contributed by atoms with Gasteiger partial charge in [0.1, 0.15) is 6.10 Å². The Morgan fingerprint density at radius 1 is 1.26 bits per heavy atom. The average molecular weight is 260 g/mol. The fourth-order valence-corrected chi connectivity index (χ4v) is 3.40. The third-order valence-electron chi connectivity index (χ3n) is 4.04. The van der Waals surface area contributed by atoms with E-state index in [1.807, 2.05) is 0 Å². The molecular formula is C15H20N2O2. The molecule has 0 N–H and O–H groups in total. The van der Waals surface area contributed by atoms with Crippen LogP contribution in [0.25, 0.3) is 0 Å². The molecule has 4 nitrogen and oxygen atoms in total. The van der Waals surface area contributed by atoms with Crippen molar-refractivity contribution in [3.05, 3.63) is 22.5 Å². The van der Waals surface area contributed by atoms with Gasteiger partial charge in [0.25, 0.3) is 0 Å². The fraction of sp³-hybridized carbons (Fsp3) is 0.600. The first-order valence-corrected chi connectivity index (χ1v) is 6.97. The lowest BCUT2D eigenvalue weighted by Gasteiger charge is -2.21. The van der Waals surface area contributed by atoms with Crippen LogP contribution in [0, 0.1) is 0 Å². The number of carbonyl (C=O) groups is 1. The standard InChI is InChI=1S/C15H20N2O2/c1-9(18)19-13-8-7-11-14(13)16-12-6-4-5-10(12)15(11)17(2)3/h13H,4-8H2,1-3H3. The van der Waals surface area contributed by atoms with E-state index >= 15 is 0 Å². The Hall–Kier alpha value is -1.58. The van der Waals surface area contributed by atoms with Gasteiger partial charge in [-0.25, -0.2) is 0 Å². The molecule has 1 aromatic rings. The van der Waals surface area contributed by atoms with E-state index in [-0.39, 0.29) is 12.1 Å². The summed E-state index contributed by atoms with van der Waals surface area (Å²) < 4.78 is 5.41. The third kappa shape index (κ3) is 1.99. The Morgan fingerprint density at radius 2 is 2.05 bits per heavy atom. The molecule has 2 aliphatic rings. The predicted octanol–water partition coefficient (Wildman–Crippen LogP) is 2.19. The molecule has 3 rings (SSSR count). The Kier molecular flexibility index (Phi) is 2.96. The fourth-order valence-electron chi connectivity index (χ4n) is 3.40. The minimum Gasteiger partial charge on any atom is -0.456 e. The van der Waals surface area contributed by atoms with Gasteiger partial charge in [0.2, 0.25) is 0 Å². The second kappa shape index (κ2) is 4.51. The first-order valence-electron chi connectivity index (χ1n) is 6.97.